The molecule has 1 aromatic carbocycles. The average molecular weight is 253 g/mol. The van der Waals surface area contributed by atoms with E-state index in [0.717, 1.165) is 5.69 Å². The maximum absolute atomic E-state index is 11.4. The van der Waals surface area contributed by atoms with Crippen LogP contribution in [0.1, 0.15) is 13.8 Å². The van der Waals surface area contributed by atoms with Gasteiger partial charge in [0.25, 0.3) is 0 Å². The molecule has 0 fully saturated rings. The smallest absolute Gasteiger partial charge is 0.310 e. The van der Waals surface area contributed by atoms with Gasteiger partial charge in [0.05, 0.1) is 12.5 Å². The number of carbonyl (C=O) groups excluding carboxylic acids is 1. The summed E-state index contributed by atoms with van der Waals surface area (Å²) in [5.74, 6) is -0.283. The molecule has 1 rings (SSSR count). The van der Waals surface area contributed by atoms with Crippen LogP contribution in [0, 0.1) is 5.92 Å². The van der Waals surface area contributed by atoms with Gasteiger partial charge in [-0.2, -0.15) is 0 Å². The summed E-state index contributed by atoms with van der Waals surface area (Å²) in [6, 6.07) is 8.13. The molecule has 94 valence electrons. The van der Waals surface area contributed by atoms with Crippen LogP contribution < -0.4 is 5.32 Å². The van der Waals surface area contributed by atoms with Gasteiger partial charge in [-0.3, -0.25) is 4.79 Å². The second kappa shape index (κ2) is 7.22. The molecule has 0 heterocycles. The third-order valence-corrected chi connectivity index (χ3v) is 3.10. The number of hydrogen-bond acceptors (Lipinski definition) is 4. The Morgan fingerprint density at radius 3 is 2.94 bits per heavy atom. The lowest BCUT2D eigenvalue weighted by atomic mass is 10.2. The number of nitrogens with one attached hydrogen (secondary N) is 1. The van der Waals surface area contributed by atoms with Gasteiger partial charge < -0.3 is 10.1 Å². The zero-order valence-electron chi connectivity index (χ0n) is 10.5. The Morgan fingerprint density at radius 2 is 2.29 bits per heavy atom. The Kier molecular flexibility index (Phi) is 5.91. The summed E-state index contributed by atoms with van der Waals surface area (Å²) in [7, 11) is 0. The molecule has 0 aromatic heterocycles. The van der Waals surface area contributed by atoms with Crippen LogP contribution in [0.15, 0.2) is 29.2 Å². The van der Waals surface area contributed by atoms with Crippen molar-refractivity contribution in [3.05, 3.63) is 24.3 Å². The monoisotopic (exact) mass is 253 g/mol. The fourth-order valence-electron chi connectivity index (χ4n) is 1.37. The predicted octanol–water partition coefficient (Wildman–Crippen LogP) is 3.02. The van der Waals surface area contributed by atoms with Crippen molar-refractivity contribution in [2.45, 2.75) is 18.7 Å². The number of benzene rings is 1. The summed E-state index contributed by atoms with van der Waals surface area (Å²) in [5.41, 5.74) is 1.04. The highest BCUT2D eigenvalue weighted by molar-refractivity contribution is 7.98. The Bertz CT molecular complexity index is 368. The van der Waals surface area contributed by atoms with Gasteiger partial charge in [0, 0.05) is 17.1 Å². The molecule has 1 atom stereocenters. The summed E-state index contributed by atoms with van der Waals surface area (Å²) in [6.45, 7) is 4.71. The zero-order chi connectivity index (χ0) is 12.7. The molecule has 0 amide bonds. The number of esters is 1. The summed E-state index contributed by atoms with van der Waals surface area (Å²) >= 11 is 1.70. The van der Waals surface area contributed by atoms with E-state index in [1.807, 2.05) is 32.2 Å². The van der Waals surface area contributed by atoms with Crippen molar-refractivity contribution in [2.75, 3.05) is 24.7 Å². The van der Waals surface area contributed by atoms with Gasteiger partial charge in [-0.1, -0.05) is 13.0 Å². The Labute approximate surface area is 107 Å². The molecular formula is C13H19NO2S. The minimum absolute atomic E-state index is 0.132. The Morgan fingerprint density at radius 1 is 1.53 bits per heavy atom. The second-order valence-electron chi connectivity index (χ2n) is 3.77. The van der Waals surface area contributed by atoms with Crippen molar-refractivity contribution < 1.29 is 9.53 Å². The first-order chi connectivity index (χ1) is 8.17. The van der Waals surface area contributed by atoms with E-state index in [9.17, 15) is 4.79 Å². The molecule has 17 heavy (non-hydrogen) atoms. The van der Waals surface area contributed by atoms with E-state index >= 15 is 0 Å². The number of ether oxygens (including phenoxy) is 1. The molecule has 1 N–H and O–H groups in total. The van der Waals surface area contributed by atoms with E-state index in [1.54, 1.807) is 11.8 Å². The molecule has 0 radical (unpaired) electrons. The van der Waals surface area contributed by atoms with E-state index in [1.165, 1.54) is 4.90 Å². The normalized spacial score (nSPS) is 11.9. The predicted molar refractivity (Wildman–Crippen MR) is 72.5 cm³/mol. The summed E-state index contributed by atoms with van der Waals surface area (Å²) in [5, 5.41) is 3.24. The van der Waals surface area contributed by atoms with Crippen molar-refractivity contribution in [3.63, 3.8) is 0 Å². The van der Waals surface area contributed by atoms with Crippen molar-refractivity contribution in [1.29, 1.82) is 0 Å². The van der Waals surface area contributed by atoms with E-state index in [0.29, 0.717) is 13.2 Å². The molecule has 1 unspecified atom stereocenters. The van der Waals surface area contributed by atoms with Gasteiger partial charge in [-0.05, 0) is 31.4 Å². The lowest BCUT2D eigenvalue weighted by Gasteiger charge is -2.12. The molecule has 3 nitrogen and oxygen atoms in total. The number of carbonyl (C=O) groups is 1. The van der Waals surface area contributed by atoms with Crippen LogP contribution >= 0.6 is 11.8 Å². The molecule has 0 saturated carbocycles. The fraction of sp³-hybridized carbons (Fsp3) is 0.462. The molecule has 4 heteroatoms. The quantitative estimate of drug-likeness (QED) is 0.625. The van der Waals surface area contributed by atoms with Crippen molar-refractivity contribution in [1.82, 2.24) is 0 Å². The maximum Gasteiger partial charge on any atom is 0.310 e. The Balaban J connectivity index is 2.46. The van der Waals surface area contributed by atoms with Crippen LogP contribution in [-0.2, 0) is 9.53 Å². The van der Waals surface area contributed by atoms with Crippen LogP contribution in [0.25, 0.3) is 0 Å². The lowest BCUT2D eigenvalue weighted by Crippen LogP contribution is -2.22. The minimum atomic E-state index is -0.152. The molecule has 0 spiro atoms. The second-order valence-corrected chi connectivity index (χ2v) is 4.65. The Hall–Kier alpha value is -1.16. The summed E-state index contributed by atoms with van der Waals surface area (Å²) < 4.78 is 4.95. The van der Waals surface area contributed by atoms with Crippen LogP contribution in [0.3, 0.4) is 0 Å². The third-order valence-electron chi connectivity index (χ3n) is 2.37. The van der Waals surface area contributed by atoms with Gasteiger partial charge >= 0.3 is 5.97 Å². The first kappa shape index (κ1) is 13.9. The summed E-state index contributed by atoms with van der Waals surface area (Å²) in [4.78, 5) is 12.6. The van der Waals surface area contributed by atoms with Crippen LogP contribution in [-0.4, -0.2) is 25.4 Å². The molecule has 0 aliphatic heterocycles. The lowest BCUT2D eigenvalue weighted by molar-refractivity contribution is -0.146. The molecule has 0 bridgehead atoms. The van der Waals surface area contributed by atoms with Crippen LogP contribution in [0.2, 0.25) is 0 Å². The van der Waals surface area contributed by atoms with Crippen LogP contribution in [0.5, 0.6) is 0 Å². The average Bonchev–Trinajstić information content (AvgIpc) is 2.36. The molecular weight excluding hydrogens is 234 g/mol. The molecule has 0 aliphatic rings. The zero-order valence-corrected chi connectivity index (χ0v) is 11.3. The van der Waals surface area contributed by atoms with E-state index in [2.05, 4.69) is 17.4 Å². The van der Waals surface area contributed by atoms with Gasteiger partial charge in [0.15, 0.2) is 0 Å². The van der Waals surface area contributed by atoms with Crippen molar-refractivity contribution in [2.24, 2.45) is 5.92 Å². The van der Waals surface area contributed by atoms with Crippen molar-refractivity contribution in [3.8, 4) is 0 Å². The fourth-order valence-corrected chi connectivity index (χ4v) is 1.83. The number of rotatable bonds is 6. The van der Waals surface area contributed by atoms with Crippen molar-refractivity contribution >= 4 is 23.4 Å². The maximum atomic E-state index is 11.4. The first-order valence-corrected chi connectivity index (χ1v) is 6.94. The largest absolute Gasteiger partial charge is 0.466 e. The minimum Gasteiger partial charge on any atom is -0.466 e. The van der Waals surface area contributed by atoms with Gasteiger partial charge in [0.1, 0.15) is 0 Å². The highest BCUT2D eigenvalue weighted by atomic mass is 32.2. The topological polar surface area (TPSA) is 38.3 Å². The standard InChI is InChI=1S/C13H19NO2S/c1-4-16-13(15)10(2)9-14-11-6-5-7-12(8-11)17-3/h5-8,10,14H,4,9H2,1-3H3. The van der Waals surface area contributed by atoms with Gasteiger partial charge in [-0.25, -0.2) is 0 Å². The number of anilines is 1. The van der Waals surface area contributed by atoms with E-state index in [4.69, 9.17) is 4.74 Å². The summed E-state index contributed by atoms with van der Waals surface area (Å²) in [6.07, 6.45) is 2.04. The van der Waals surface area contributed by atoms with E-state index < -0.39 is 0 Å². The third kappa shape index (κ3) is 4.69. The first-order valence-electron chi connectivity index (χ1n) is 5.72. The number of thioether (sulfide) groups is 1. The molecule has 0 saturated heterocycles. The van der Waals surface area contributed by atoms with Crippen LogP contribution in [0.4, 0.5) is 5.69 Å². The molecule has 0 aliphatic carbocycles. The van der Waals surface area contributed by atoms with Gasteiger partial charge in [-0.15, -0.1) is 11.8 Å². The van der Waals surface area contributed by atoms with Gasteiger partial charge in [0.2, 0.25) is 0 Å². The highest BCUT2D eigenvalue weighted by Gasteiger charge is 2.13. The molecule has 1 aromatic rings. The van der Waals surface area contributed by atoms with E-state index in [-0.39, 0.29) is 11.9 Å². The number of hydrogen-bond donors (Lipinski definition) is 1. The SMILES string of the molecule is CCOC(=O)C(C)CNc1cccc(SC)c1. The highest BCUT2D eigenvalue weighted by Crippen LogP contribution is 2.19.